The van der Waals surface area contributed by atoms with Gasteiger partial charge in [-0.25, -0.2) is 8.42 Å². The van der Waals surface area contributed by atoms with Gasteiger partial charge in [-0.05, 0) is 56.2 Å². The maximum Gasteiger partial charge on any atom is 0.257 e. The highest BCUT2D eigenvalue weighted by Gasteiger charge is 2.30. The number of benzene rings is 1. The molecule has 0 aromatic heterocycles. The fourth-order valence-electron chi connectivity index (χ4n) is 3.77. The van der Waals surface area contributed by atoms with Crippen LogP contribution in [0, 0.1) is 5.92 Å². The molecular weight excluding hydrogens is 376 g/mol. The second-order valence-corrected chi connectivity index (χ2v) is 9.81. The SMILES string of the molecule is CCCN(CC1CC1)C(=O)c1cc(S(=O)(=O)N2CCCCCC2)ccc1OC. The van der Waals surface area contributed by atoms with Crippen LogP contribution in [0.1, 0.15) is 62.2 Å². The Morgan fingerprint density at radius 2 is 1.86 bits per heavy atom. The van der Waals surface area contributed by atoms with E-state index in [0.717, 1.165) is 51.5 Å². The molecule has 3 rings (SSSR count). The first kappa shape index (κ1) is 21.1. The van der Waals surface area contributed by atoms with E-state index in [0.29, 0.717) is 36.9 Å². The second-order valence-electron chi connectivity index (χ2n) is 7.87. The molecule has 28 heavy (non-hydrogen) atoms. The van der Waals surface area contributed by atoms with Crippen molar-refractivity contribution in [2.75, 3.05) is 33.3 Å². The lowest BCUT2D eigenvalue weighted by molar-refractivity contribution is 0.0744. The number of ether oxygens (including phenoxy) is 1. The summed E-state index contributed by atoms with van der Waals surface area (Å²) < 4.78 is 33.3. The van der Waals surface area contributed by atoms with Crippen molar-refractivity contribution in [1.82, 2.24) is 9.21 Å². The predicted octanol–water partition coefficient (Wildman–Crippen LogP) is 3.52. The Bertz CT molecular complexity index is 782. The summed E-state index contributed by atoms with van der Waals surface area (Å²) in [4.78, 5) is 15.3. The molecule has 156 valence electrons. The van der Waals surface area contributed by atoms with Crippen LogP contribution >= 0.6 is 0 Å². The van der Waals surface area contributed by atoms with Gasteiger partial charge in [-0.2, -0.15) is 4.31 Å². The number of amides is 1. The number of rotatable bonds is 8. The van der Waals surface area contributed by atoms with Crippen molar-refractivity contribution >= 4 is 15.9 Å². The Morgan fingerprint density at radius 1 is 1.18 bits per heavy atom. The smallest absolute Gasteiger partial charge is 0.257 e. The Labute approximate surface area is 168 Å². The van der Waals surface area contributed by atoms with Crippen LogP contribution in [-0.4, -0.2) is 56.8 Å². The van der Waals surface area contributed by atoms with Crippen LogP contribution in [0.25, 0.3) is 0 Å². The Kier molecular flexibility index (Phi) is 6.99. The number of carbonyl (C=O) groups excluding carboxylic acids is 1. The average molecular weight is 409 g/mol. The summed E-state index contributed by atoms with van der Waals surface area (Å²) in [7, 11) is -2.09. The Hall–Kier alpha value is -1.60. The van der Waals surface area contributed by atoms with Gasteiger partial charge in [0.05, 0.1) is 17.6 Å². The van der Waals surface area contributed by atoms with Gasteiger partial charge >= 0.3 is 0 Å². The summed E-state index contributed by atoms with van der Waals surface area (Å²) in [6.07, 6.45) is 7.07. The average Bonchev–Trinajstić information content (AvgIpc) is 3.53. The van der Waals surface area contributed by atoms with Crippen molar-refractivity contribution in [3.8, 4) is 5.75 Å². The van der Waals surface area contributed by atoms with Crippen LogP contribution in [0.2, 0.25) is 0 Å². The highest BCUT2D eigenvalue weighted by Crippen LogP contribution is 2.32. The van der Waals surface area contributed by atoms with Crippen molar-refractivity contribution < 1.29 is 17.9 Å². The maximum absolute atomic E-state index is 13.2. The zero-order valence-electron chi connectivity index (χ0n) is 17.0. The normalized spacial score (nSPS) is 18.5. The molecule has 2 aliphatic rings. The molecule has 1 amide bonds. The lowest BCUT2D eigenvalue weighted by Gasteiger charge is -2.24. The number of hydrogen-bond acceptors (Lipinski definition) is 4. The van der Waals surface area contributed by atoms with E-state index in [-0.39, 0.29) is 10.8 Å². The minimum Gasteiger partial charge on any atom is -0.496 e. The fourth-order valence-corrected chi connectivity index (χ4v) is 5.32. The van der Waals surface area contributed by atoms with Crippen LogP contribution in [0.3, 0.4) is 0 Å². The number of hydrogen-bond donors (Lipinski definition) is 0. The topological polar surface area (TPSA) is 66.9 Å². The molecule has 1 aliphatic carbocycles. The predicted molar refractivity (Wildman–Crippen MR) is 109 cm³/mol. The highest BCUT2D eigenvalue weighted by molar-refractivity contribution is 7.89. The van der Waals surface area contributed by atoms with Crippen molar-refractivity contribution in [3.05, 3.63) is 23.8 Å². The van der Waals surface area contributed by atoms with Crippen LogP contribution in [-0.2, 0) is 10.0 Å². The molecule has 0 unspecified atom stereocenters. The third-order valence-electron chi connectivity index (χ3n) is 5.56. The van der Waals surface area contributed by atoms with Crippen LogP contribution in [0.5, 0.6) is 5.75 Å². The Balaban J connectivity index is 1.91. The number of methoxy groups -OCH3 is 1. The third kappa shape index (κ3) is 4.87. The molecule has 1 aromatic rings. The summed E-state index contributed by atoms with van der Waals surface area (Å²) in [6.45, 7) is 4.54. The largest absolute Gasteiger partial charge is 0.496 e. The first-order chi connectivity index (χ1) is 13.5. The van der Waals surface area contributed by atoms with Gasteiger partial charge in [0.2, 0.25) is 10.0 Å². The van der Waals surface area contributed by atoms with Gasteiger partial charge in [-0.15, -0.1) is 0 Å². The van der Waals surface area contributed by atoms with Crippen molar-refractivity contribution in [2.24, 2.45) is 5.92 Å². The zero-order valence-corrected chi connectivity index (χ0v) is 17.8. The lowest BCUT2D eigenvalue weighted by Crippen LogP contribution is -2.34. The van der Waals surface area contributed by atoms with E-state index in [1.54, 1.807) is 16.4 Å². The molecule has 0 bridgehead atoms. The minimum atomic E-state index is -3.61. The van der Waals surface area contributed by atoms with Gasteiger partial charge < -0.3 is 9.64 Å². The lowest BCUT2D eigenvalue weighted by atomic mass is 10.1. The molecule has 0 spiro atoms. The molecule has 2 fully saturated rings. The second kappa shape index (κ2) is 9.27. The molecule has 7 heteroatoms. The summed E-state index contributed by atoms with van der Waals surface area (Å²) in [5.41, 5.74) is 0.340. The van der Waals surface area contributed by atoms with E-state index in [1.165, 1.54) is 13.2 Å². The quantitative estimate of drug-likeness (QED) is 0.660. The van der Waals surface area contributed by atoms with Gasteiger partial charge in [0.15, 0.2) is 0 Å². The third-order valence-corrected chi connectivity index (χ3v) is 7.46. The highest BCUT2D eigenvalue weighted by atomic mass is 32.2. The van der Waals surface area contributed by atoms with E-state index in [4.69, 9.17) is 4.74 Å². The molecule has 1 saturated heterocycles. The molecule has 6 nitrogen and oxygen atoms in total. The van der Waals surface area contributed by atoms with Crippen molar-refractivity contribution in [2.45, 2.75) is 56.8 Å². The van der Waals surface area contributed by atoms with Crippen molar-refractivity contribution in [3.63, 3.8) is 0 Å². The number of sulfonamides is 1. The van der Waals surface area contributed by atoms with Gasteiger partial charge in [0.1, 0.15) is 5.75 Å². The summed E-state index contributed by atoms with van der Waals surface area (Å²) >= 11 is 0. The molecule has 1 aromatic carbocycles. The number of nitrogens with zero attached hydrogens (tertiary/aromatic N) is 2. The van der Waals surface area contributed by atoms with Gasteiger partial charge in [0, 0.05) is 26.2 Å². The Morgan fingerprint density at radius 3 is 2.43 bits per heavy atom. The monoisotopic (exact) mass is 408 g/mol. The van der Waals surface area contributed by atoms with Crippen LogP contribution < -0.4 is 4.74 Å². The molecule has 1 saturated carbocycles. The van der Waals surface area contributed by atoms with Gasteiger partial charge in [-0.1, -0.05) is 19.8 Å². The fraction of sp³-hybridized carbons (Fsp3) is 0.667. The van der Waals surface area contributed by atoms with Gasteiger partial charge in [0.25, 0.3) is 5.91 Å². The molecule has 0 N–H and O–H groups in total. The van der Waals surface area contributed by atoms with Crippen LogP contribution in [0.15, 0.2) is 23.1 Å². The molecular formula is C21H32N2O4S. The van der Waals surface area contributed by atoms with E-state index in [2.05, 4.69) is 0 Å². The summed E-state index contributed by atoms with van der Waals surface area (Å²) in [5.74, 6) is 0.862. The van der Waals surface area contributed by atoms with Gasteiger partial charge in [-0.3, -0.25) is 4.79 Å². The van der Waals surface area contributed by atoms with E-state index >= 15 is 0 Å². The standard InChI is InChI=1S/C21H32N2O4S/c1-3-12-22(16-17-8-9-17)21(24)19-15-18(10-11-20(19)27-2)28(25,26)23-13-6-4-5-7-14-23/h10-11,15,17H,3-9,12-14,16H2,1-2H3. The molecule has 1 heterocycles. The molecule has 0 radical (unpaired) electrons. The maximum atomic E-state index is 13.2. The molecule has 1 aliphatic heterocycles. The zero-order chi connectivity index (χ0) is 20.1. The van der Waals surface area contributed by atoms with Crippen LogP contribution in [0.4, 0.5) is 0 Å². The molecule has 0 atom stereocenters. The number of carbonyl (C=O) groups is 1. The summed E-state index contributed by atoms with van der Waals surface area (Å²) in [5, 5.41) is 0. The van der Waals surface area contributed by atoms with E-state index in [1.807, 2.05) is 11.8 Å². The van der Waals surface area contributed by atoms with E-state index in [9.17, 15) is 13.2 Å². The van der Waals surface area contributed by atoms with E-state index < -0.39 is 10.0 Å². The minimum absolute atomic E-state index is 0.140. The van der Waals surface area contributed by atoms with Crippen molar-refractivity contribution in [1.29, 1.82) is 0 Å². The first-order valence-corrected chi connectivity index (χ1v) is 11.9. The first-order valence-electron chi connectivity index (χ1n) is 10.4. The summed E-state index contributed by atoms with van der Waals surface area (Å²) in [6, 6.07) is 4.68.